The largest absolute Gasteiger partial charge is 0.399 e. The van der Waals surface area contributed by atoms with Crippen LogP contribution in [0.5, 0.6) is 0 Å². The van der Waals surface area contributed by atoms with Crippen molar-refractivity contribution >= 4 is 29.9 Å². The van der Waals surface area contributed by atoms with Gasteiger partial charge in [0.1, 0.15) is 6.04 Å². The van der Waals surface area contributed by atoms with Crippen molar-refractivity contribution in [3.63, 3.8) is 0 Å². The Morgan fingerprint density at radius 3 is 2.43 bits per heavy atom. The van der Waals surface area contributed by atoms with Crippen LogP contribution in [0.25, 0.3) is 0 Å². The van der Waals surface area contributed by atoms with Crippen LogP contribution < -0.4 is 16.4 Å². The van der Waals surface area contributed by atoms with Crippen molar-refractivity contribution in [1.82, 2.24) is 10.6 Å². The fraction of sp³-hybridized carbons (Fsp3) is 0.467. The number of rotatable bonds is 5. The molecule has 1 rings (SSSR count). The second kappa shape index (κ2) is 8.52. The van der Waals surface area contributed by atoms with Crippen molar-refractivity contribution in [2.75, 3.05) is 5.73 Å². The van der Waals surface area contributed by atoms with E-state index in [0.29, 0.717) is 11.3 Å². The number of hydrogen-bond donors (Lipinski definition) is 3. The Balaban J connectivity index is 0.00000400. The Hall–Kier alpha value is -1.75. The van der Waals surface area contributed by atoms with Gasteiger partial charge in [-0.25, -0.2) is 0 Å². The van der Waals surface area contributed by atoms with E-state index in [0.717, 1.165) is 12.0 Å². The van der Waals surface area contributed by atoms with Gasteiger partial charge in [-0.3, -0.25) is 9.59 Å². The predicted octanol–water partition coefficient (Wildman–Crippen LogP) is 2.03. The summed E-state index contributed by atoms with van der Waals surface area (Å²) >= 11 is 0. The summed E-state index contributed by atoms with van der Waals surface area (Å²) in [5.74, 6) is -0.476. The van der Waals surface area contributed by atoms with Crippen molar-refractivity contribution < 1.29 is 9.59 Å². The molecule has 0 aliphatic heterocycles. The third-order valence-electron chi connectivity index (χ3n) is 3.25. The molecule has 118 valence electrons. The van der Waals surface area contributed by atoms with Gasteiger partial charge >= 0.3 is 0 Å². The number of carbonyl (C=O) groups excluding carboxylic acids is 2. The molecule has 0 aromatic heterocycles. The number of halogens is 1. The molecule has 1 aromatic carbocycles. The maximum absolute atomic E-state index is 12.1. The topological polar surface area (TPSA) is 84.2 Å². The molecule has 0 spiro atoms. The molecule has 0 saturated heterocycles. The first-order chi connectivity index (χ1) is 9.35. The molecule has 2 unspecified atom stereocenters. The lowest BCUT2D eigenvalue weighted by molar-refractivity contribution is -0.123. The van der Waals surface area contributed by atoms with Crippen LogP contribution in [0.2, 0.25) is 0 Å². The first kappa shape index (κ1) is 19.2. The van der Waals surface area contributed by atoms with Crippen molar-refractivity contribution in [2.24, 2.45) is 0 Å². The Morgan fingerprint density at radius 1 is 1.24 bits per heavy atom. The minimum Gasteiger partial charge on any atom is -0.399 e. The highest BCUT2D eigenvalue weighted by Gasteiger charge is 2.18. The van der Waals surface area contributed by atoms with Crippen LogP contribution in [0.15, 0.2) is 18.2 Å². The molecule has 0 saturated carbocycles. The van der Waals surface area contributed by atoms with Crippen LogP contribution in [0, 0.1) is 6.92 Å². The summed E-state index contributed by atoms with van der Waals surface area (Å²) in [6, 6.07) is 4.65. The lowest BCUT2D eigenvalue weighted by Crippen LogP contribution is -2.47. The summed E-state index contributed by atoms with van der Waals surface area (Å²) < 4.78 is 0. The maximum atomic E-state index is 12.1. The molecule has 0 heterocycles. The maximum Gasteiger partial charge on any atom is 0.252 e. The summed E-state index contributed by atoms with van der Waals surface area (Å²) in [4.78, 5) is 24.0. The molecule has 2 amide bonds. The highest BCUT2D eigenvalue weighted by Crippen LogP contribution is 2.12. The van der Waals surface area contributed by atoms with Gasteiger partial charge in [0.15, 0.2) is 0 Å². The number of amides is 2. The second-order valence-corrected chi connectivity index (χ2v) is 5.09. The summed E-state index contributed by atoms with van der Waals surface area (Å²) in [5, 5.41) is 5.52. The highest BCUT2D eigenvalue weighted by atomic mass is 35.5. The van der Waals surface area contributed by atoms with E-state index in [1.54, 1.807) is 25.1 Å². The molecule has 1 aromatic rings. The summed E-state index contributed by atoms with van der Waals surface area (Å²) in [5.41, 5.74) is 7.52. The van der Waals surface area contributed by atoms with Crippen LogP contribution in [-0.4, -0.2) is 23.9 Å². The van der Waals surface area contributed by atoms with Gasteiger partial charge in [-0.15, -0.1) is 12.4 Å². The third kappa shape index (κ3) is 5.63. The van der Waals surface area contributed by atoms with Crippen molar-refractivity contribution in [3.8, 4) is 0 Å². The number of nitrogens with two attached hydrogens (primary N) is 1. The van der Waals surface area contributed by atoms with Gasteiger partial charge in [-0.05, 0) is 44.9 Å². The molecule has 6 heteroatoms. The summed E-state index contributed by atoms with van der Waals surface area (Å²) in [7, 11) is 0. The Bertz CT molecular complexity index is 506. The number of nitrogen functional groups attached to an aromatic ring is 1. The lowest BCUT2D eigenvalue weighted by Gasteiger charge is -2.18. The average Bonchev–Trinajstić information content (AvgIpc) is 2.40. The van der Waals surface area contributed by atoms with E-state index in [4.69, 9.17) is 5.73 Å². The number of anilines is 1. The number of hydrogen-bond acceptors (Lipinski definition) is 3. The normalized spacial score (nSPS) is 12.8. The van der Waals surface area contributed by atoms with E-state index in [1.165, 1.54) is 0 Å². The van der Waals surface area contributed by atoms with Crippen molar-refractivity contribution in [1.29, 1.82) is 0 Å². The van der Waals surface area contributed by atoms with Crippen LogP contribution in [0.3, 0.4) is 0 Å². The number of benzene rings is 1. The zero-order valence-corrected chi connectivity index (χ0v) is 13.7. The standard InChI is InChI=1S/C15H23N3O2.ClH/c1-5-10(3)17-14(19)11(4)18-15(20)13-8-12(16)7-6-9(13)2;/h6-8,10-11H,5,16H2,1-4H3,(H,17,19)(H,18,20);1H. The molecular weight excluding hydrogens is 290 g/mol. The first-order valence-corrected chi connectivity index (χ1v) is 6.82. The van der Waals surface area contributed by atoms with Crippen LogP contribution in [-0.2, 0) is 4.79 Å². The van der Waals surface area contributed by atoms with Gasteiger partial charge in [-0.1, -0.05) is 13.0 Å². The molecular formula is C15H24ClN3O2. The van der Waals surface area contributed by atoms with Crippen molar-refractivity contribution in [2.45, 2.75) is 46.2 Å². The summed E-state index contributed by atoms with van der Waals surface area (Å²) in [6.07, 6.45) is 0.848. The minimum absolute atomic E-state index is 0. The quantitative estimate of drug-likeness (QED) is 0.727. The van der Waals surface area contributed by atoms with Crippen molar-refractivity contribution in [3.05, 3.63) is 29.3 Å². The molecule has 2 atom stereocenters. The number of aryl methyl sites for hydroxylation is 1. The molecule has 0 bridgehead atoms. The van der Waals surface area contributed by atoms with E-state index in [2.05, 4.69) is 10.6 Å². The molecule has 4 N–H and O–H groups in total. The molecule has 0 aliphatic rings. The Morgan fingerprint density at radius 2 is 1.86 bits per heavy atom. The van der Waals surface area contributed by atoms with E-state index in [-0.39, 0.29) is 30.3 Å². The molecule has 5 nitrogen and oxygen atoms in total. The fourth-order valence-corrected chi connectivity index (χ4v) is 1.69. The van der Waals surface area contributed by atoms with Gasteiger partial charge in [0.25, 0.3) is 5.91 Å². The van der Waals surface area contributed by atoms with E-state index in [9.17, 15) is 9.59 Å². The van der Waals surface area contributed by atoms with Gasteiger partial charge < -0.3 is 16.4 Å². The van der Waals surface area contributed by atoms with E-state index >= 15 is 0 Å². The molecule has 0 fully saturated rings. The fourth-order valence-electron chi connectivity index (χ4n) is 1.69. The predicted molar refractivity (Wildman–Crippen MR) is 87.7 cm³/mol. The van der Waals surface area contributed by atoms with Crippen LogP contribution in [0.4, 0.5) is 5.69 Å². The first-order valence-electron chi connectivity index (χ1n) is 6.82. The Labute approximate surface area is 132 Å². The van der Waals surface area contributed by atoms with Crippen LogP contribution >= 0.6 is 12.4 Å². The highest BCUT2D eigenvalue weighted by molar-refractivity contribution is 5.99. The zero-order chi connectivity index (χ0) is 15.3. The second-order valence-electron chi connectivity index (χ2n) is 5.09. The van der Waals surface area contributed by atoms with E-state index in [1.807, 2.05) is 20.8 Å². The zero-order valence-electron chi connectivity index (χ0n) is 12.9. The van der Waals surface area contributed by atoms with Gasteiger partial charge in [0.2, 0.25) is 5.91 Å². The SMILES string of the molecule is CCC(C)NC(=O)C(C)NC(=O)c1cc(N)ccc1C.Cl. The molecule has 0 aliphatic carbocycles. The molecule has 0 radical (unpaired) electrons. The average molecular weight is 314 g/mol. The van der Waals surface area contributed by atoms with Gasteiger partial charge in [0, 0.05) is 17.3 Å². The van der Waals surface area contributed by atoms with Crippen LogP contribution in [0.1, 0.15) is 43.1 Å². The monoisotopic (exact) mass is 313 g/mol. The number of carbonyl (C=O) groups is 2. The summed E-state index contributed by atoms with van der Waals surface area (Å²) in [6.45, 7) is 7.41. The van der Waals surface area contributed by atoms with E-state index < -0.39 is 6.04 Å². The smallest absolute Gasteiger partial charge is 0.252 e. The third-order valence-corrected chi connectivity index (χ3v) is 3.25. The van der Waals surface area contributed by atoms with Gasteiger partial charge in [0.05, 0.1) is 0 Å². The number of nitrogens with one attached hydrogen (secondary N) is 2. The lowest BCUT2D eigenvalue weighted by atomic mass is 10.1. The molecule has 21 heavy (non-hydrogen) atoms. The minimum atomic E-state index is -0.586. The Kier molecular flexibility index (Phi) is 7.81. The van der Waals surface area contributed by atoms with Gasteiger partial charge in [-0.2, -0.15) is 0 Å².